The zero-order valence-corrected chi connectivity index (χ0v) is 34.3. The summed E-state index contributed by atoms with van der Waals surface area (Å²) < 4.78 is 5.86. The van der Waals surface area contributed by atoms with Crippen LogP contribution >= 0.6 is 0 Å². The first kappa shape index (κ1) is 50.3. The molecule has 0 bridgehead atoms. The highest BCUT2D eigenvalue weighted by atomic mass is 16.5. The number of amides is 1. The molecule has 0 saturated heterocycles. The molecule has 0 rings (SSSR count). The summed E-state index contributed by atoms with van der Waals surface area (Å²) in [5.74, 6) is -1.43. The molecule has 1 atom stereocenters. The Bertz CT molecular complexity index is 1140. The van der Waals surface area contributed by atoms with Crippen LogP contribution in [-0.4, -0.2) is 35.6 Å². The largest absolute Gasteiger partial charge is 0.480 e. The number of hydrogen-bond donors (Lipinski definition) is 2. The Morgan fingerprint density at radius 1 is 0.500 bits per heavy atom. The van der Waals surface area contributed by atoms with E-state index in [-0.39, 0.29) is 24.5 Å². The number of carboxylic acids is 1. The molecular weight excluding hydrogens is 671 g/mol. The highest BCUT2D eigenvalue weighted by Gasteiger charge is 2.12. The number of carboxylic acid groups (broad SMARTS) is 1. The van der Waals surface area contributed by atoms with Gasteiger partial charge in [0.15, 0.2) is 0 Å². The quantitative estimate of drug-likeness (QED) is 0.0375. The Morgan fingerprint density at radius 2 is 0.907 bits per heavy atom. The van der Waals surface area contributed by atoms with E-state index in [1.807, 2.05) is 6.08 Å². The lowest BCUT2D eigenvalue weighted by molar-refractivity contribution is -0.147. The first-order chi connectivity index (χ1) is 26.5. The Balaban J connectivity index is 4.14. The van der Waals surface area contributed by atoms with Gasteiger partial charge in [-0.3, -0.25) is 14.4 Å². The third-order valence-electron chi connectivity index (χ3n) is 8.74. The van der Waals surface area contributed by atoms with Gasteiger partial charge in [0.1, 0.15) is 12.6 Å². The fourth-order valence-electron chi connectivity index (χ4n) is 5.65. The zero-order chi connectivity index (χ0) is 39.4. The molecule has 1 amide bonds. The van der Waals surface area contributed by atoms with Crippen LogP contribution in [0.5, 0.6) is 0 Å². The van der Waals surface area contributed by atoms with Gasteiger partial charge in [0.05, 0.1) is 0 Å². The second-order valence-corrected chi connectivity index (χ2v) is 13.8. The van der Waals surface area contributed by atoms with Crippen LogP contribution in [0.15, 0.2) is 97.2 Å². The van der Waals surface area contributed by atoms with Crippen LogP contribution in [0, 0.1) is 0 Å². The van der Waals surface area contributed by atoms with Gasteiger partial charge < -0.3 is 15.2 Å². The van der Waals surface area contributed by atoms with Crippen LogP contribution in [-0.2, 0) is 19.1 Å². The number of allylic oxidation sites excluding steroid dienone is 15. The molecule has 0 aliphatic carbocycles. The topological polar surface area (TPSA) is 92.7 Å². The number of hydrogen-bond acceptors (Lipinski definition) is 4. The van der Waals surface area contributed by atoms with Crippen molar-refractivity contribution in [3.05, 3.63) is 97.2 Å². The number of esters is 1. The molecule has 0 spiro atoms. The van der Waals surface area contributed by atoms with Crippen LogP contribution in [0.3, 0.4) is 0 Å². The third-order valence-corrected chi connectivity index (χ3v) is 8.74. The summed E-state index contributed by atoms with van der Waals surface area (Å²) in [6.45, 7) is 3.95. The van der Waals surface area contributed by atoms with Crippen molar-refractivity contribution in [1.82, 2.24) is 5.32 Å². The van der Waals surface area contributed by atoms with Crippen LogP contribution in [0.25, 0.3) is 0 Å². The zero-order valence-electron chi connectivity index (χ0n) is 34.3. The van der Waals surface area contributed by atoms with Gasteiger partial charge >= 0.3 is 11.9 Å². The van der Waals surface area contributed by atoms with E-state index < -0.39 is 5.97 Å². The normalized spacial score (nSPS) is 13.1. The Hall–Kier alpha value is -3.67. The minimum Gasteiger partial charge on any atom is -0.480 e. The molecule has 1 unspecified atom stereocenters. The van der Waals surface area contributed by atoms with Gasteiger partial charge in [-0.25, -0.2) is 0 Å². The molecule has 0 radical (unpaired) electrons. The fourth-order valence-corrected chi connectivity index (χ4v) is 5.65. The number of carbonyl (C=O) groups excluding carboxylic acids is 2. The lowest BCUT2D eigenvalue weighted by Crippen LogP contribution is -2.28. The molecule has 54 heavy (non-hydrogen) atoms. The lowest BCUT2D eigenvalue weighted by Gasteiger charge is -2.14. The van der Waals surface area contributed by atoms with Crippen molar-refractivity contribution < 1.29 is 24.2 Å². The standard InChI is InChI=1S/C48H77NO5/c1-3-5-7-9-11-13-15-16-17-18-19-20-21-22-23-24-25-26-28-30-32-34-39-43-48(53)54-45(41-37-35-38-42-46(50)49-44-47(51)52)40-36-33-31-29-27-14-12-10-8-6-4-2/h5-8,11-14,16-17,19-20,29,31,36,40,45H,3-4,9-10,15,18,21-28,30,32-35,37-39,41-44H2,1-2H3,(H,49,50)(H,51,52)/b7-5-,8-6-,13-11-,14-12-,17-16-,20-19-,31-29-,40-36-. The van der Waals surface area contributed by atoms with Crippen molar-refractivity contribution in [3.63, 3.8) is 0 Å². The van der Waals surface area contributed by atoms with Crippen molar-refractivity contribution in [2.24, 2.45) is 0 Å². The van der Waals surface area contributed by atoms with Crippen molar-refractivity contribution in [2.45, 2.75) is 180 Å². The van der Waals surface area contributed by atoms with E-state index in [0.29, 0.717) is 25.7 Å². The second-order valence-electron chi connectivity index (χ2n) is 13.8. The van der Waals surface area contributed by atoms with E-state index in [9.17, 15) is 14.4 Å². The molecule has 0 aliphatic rings. The maximum Gasteiger partial charge on any atom is 0.322 e. The highest BCUT2D eigenvalue weighted by molar-refractivity contribution is 5.80. The number of ether oxygens (including phenoxy) is 1. The van der Waals surface area contributed by atoms with E-state index in [0.717, 1.165) is 77.0 Å². The van der Waals surface area contributed by atoms with Crippen molar-refractivity contribution in [3.8, 4) is 0 Å². The van der Waals surface area contributed by atoms with Crippen molar-refractivity contribution >= 4 is 17.8 Å². The maximum atomic E-state index is 12.7. The van der Waals surface area contributed by atoms with E-state index in [4.69, 9.17) is 9.84 Å². The van der Waals surface area contributed by atoms with E-state index in [1.165, 1.54) is 57.8 Å². The average molecular weight is 748 g/mol. The van der Waals surface area contributed by atoms with Gasteiger partial charge in [-0.05, 0) is 96.0 Å². The molecule has 0 aromatic heterocycles. The molecule has 6 heteroatoms. The predicted octanol–water partition coefficient (Wildman–Crippen LogP) is 13.3. The van der Waals surface area contributed by atoms with Gasteiger partial charge in [0.25, 0.3) is 0 Å². The summed E-state index contributed by atoms with van der Waals surface area (Å²) in [5.41, 5.74) is 0. The van der Waals surface area contributed by atoms with E-state index in [2.05, 4.69) is 110 Å². The highest BCUT2D eigenvalue weighted by Crippen LogP contribution is 2.15. The minimum atomic E-state index is -1.04. The minimum absolute atomic E-state index is 0.138. The first-order valence-electron chi connectivity index (χ1n) is 21.4. The van der Waals surface area contributed by atoms with Gasteiger partial charge in [0.2, 0.25) is 5.91 Å². The monoisotopic (exact) mass is 748 g/mol. The number of rotatable bonds is 37. The molecule has 6 nitrogen and oxygen atoms in total. The molecule has 0 heterocycles. The van der Waals surface area contributed by atoms with Crippen LogP contribution in [0.4, 0.5) is 0 Å². The Morgan fingerprint density at radius 3 is 1.41 bits per heavy atom. The number of aliphatic carboxylic acids is 1. The van der Waals surface area contributed by atoms with Crippen LogP contribution in [0.2, 0.25) is 0 Å². The first-order valence-corrected chi connectivity index (χ1v) is 21.4. The molecule has 0 aliphatic heterocycles. The number of nitrogens with one attached hydrogen (secondary N) is 1. The molecule has 0 fully saturated rings. The van der Waals surface area contributed by atoms with E-state index in [1.54, 1.807) is 0 Å². The third kappa shape index (κ3) is 41.1. The van der Waals surface area contributed by atoms with Gasteiger partial charge in [-0.15, -0.1) is 0 Å². The molecule has 2 N–H and O–H groups in total. The summed E-state index contributed by atoms with van der Waals surface area (Å²) in [4.78, 5) is 35.1. The van der Waals surface area contributed by atoms with E-state index >= 15 is 0 Å². The van der Waals surface area contributed by atoms with Crippen molar-refractivity contribution in [2.75, 3.05) is 6.54 Å². The molecule has 304 valence electrons. The molecule has 0 saturated carbocycles. The summed E-state index contributed by atoms with van der Waals surface area (Å²) in [7, 11) is 0. The lowest BCUT2D eigenvalue weighted by atomic mass is 10.0. The number of carbonyl (C=O) groups is 3. The smallest absolute Gasteiger partial charge is 0.322 e. The van der Waals surface area contributed by atoms with Gasteiger partial charge in [0, 0.05) is 12.8 Å². The van der Waals surface area contributed by atoms with Gasteiger partial charge in [-0.2, -0.15) is 0 Å². The van der Waals surface area contributed by atoms with Crippen molar-refractivity contribution in [1.29, 1.82) is 0 Å². The summed E-state index contributed by atoms with van der Waals surface area (Å²) in [6, 6.07) is 0. The molecular formula is C48H77NO5. The fraction of sp³-hybridized carbons (Fsp3) is 0.604. The summed E-state index contributed by atoms with van der Waals surface area (Å²) in [5, 5.41) is 11.1. The summed E-state index contributed by atoms with van der Waals surface area (Å²) >= 11 is 0. The van der Waals surface area contributed by atoms with Crippen LogP contribution < -0.4 is 5.32 Å². The Labute approximate surface area is 330 Å². The average Bonchev–Trinajstić information content (AvgIpc) is 3.16. The maximum absolute atomic E-state index is 12.7. The summed E-state index contributed by atoms with van der Waals surface area (Å²) in [6.07, 6.45) is 59.8. The van der Waals surface area contributed by atoms with Crippen LogP contribution in [0.1, 0.15) is 174 Å². The second kappa shape index (κ2) is 42.1. The molecule has 0 aromatic carbocycles. The Kier molecular flexibility index (Phi) is 39.2. The van der Waals surface area contributed by atoms with Gasteiger partial charge in [-0.1, -0.05) is 163 Å². The predicted molar refractivity (Wildman–Crippen MR) is 230 cm³/mol. The number of unbranched alkanes of at least 4 members (excludes halogenated alkanes) is 12. The molecule has 0 aromatic rings. The SMILES string of the molecule is CC/C=C\C/C=C\C/C=C\C/C=C\CCCCCCCCCCCCC(=O)OC(/C=C\C/C=C\C/C=C\C/C=C\CC)CCCCCC(=O)NCC(=O)O.